The summed E-state index contributed by atoms with van der Waals surface area (Å²) in [4.78, 5) is 82.6. The molecule has 8 rings (SSSR count). The molecule has 0 bridgehead atoms. The molecule has 76 heavy (non-hydrogen) atoms. The maximum atomic E-state index is 15.2. The van der Waals surface area contributed by atoms with Crippen molar-refractivity contribution < 1.29 is 34.2 Å². The third-order valence-corrected chi connectivity index (χ3v) is 13.5. The van der Waals surface area contributed by atoms with Gasteiger partial charge in [-0.15, -0.1) is 0 Å². The minimum absolute atomic E-state index is 0.00844. The van der Waals surface area contributed by atoms with Crippen LogP contribution in [0.5, 0.6) is 5.75 Å². The lowest BCUT2D eigenvalue weighted by molar-refractivity contribution is -0.142. The molecule has 11 N–H and O–H groups in total. The van der Waals surface area contributed by atoms with Gasteiger partial charge in [0.25, 0.3) is 0 Å². The first-order chi connectivity index (χ1) is 37.0. The average molecular weight is 1020 g/mol. The lowest BCUT2D eigenvalue weighted by Crippen LogP contribution is -2.61. The number of para-hydroxylation sites is 1. The highest BCUT2D eigenvalue weighted by Crippen LogP contribution is 2.37. The lowest BCUT2D eigenvalue weighted by atomic mass is 9.76. The normalized spacial score (nSPS) is 13.4. The van der Waals surface area contributed by atoms with E-state index in [4.69, 9.17) is 5.73 Å². The Morgan fingerprint density at radius 3 is 1.55 bits per heavy atom. The summed E-state index contributed by atoms with van der Waals surface area (Å²) >= 11 is 0. The van der Waals surface area contributed by atoms with Crippen LogP contribution >= 0.6 is 0 Å². The monoisotopic (exact) mass is 1020 g/mol. The molecule has 0 aliphatic heterocycles. The first kappa shape index (κ1) is 53.4. The van der Waals surface area contributed by atoms with Crippen LogP contribution in [0.25, 0.3) is 10.9 Å². The molecule has 0 unspecified atom stereocenters. The molecule has 5 atom stereocenters. The summed E-state index contributed by atoms with van der Waals surface area (Å²) < 4.78 is 0. The fraction of sp³-hybridized carbons (Fsp3) is 0.233. The Bertz CT molecular complexity index is 3040. The van der Waals surface area contributed by atoms with E-state index < -0.39 is 65.3 Å². The van der Waals surface area contributed by atoms with Crippen LogP contribution in [0.4, 0.5) is 0 Å². The van der Waals surface area contributed by atoms with Crippen molar-refractivity contribution in [3.63, 3.8) is 0 Å². The minimum atomic E-state index is -1.38. The van der Waals surface area contributed by atoms with Gasteiger partial charge in [0.1, 0.15) is 29.9 Å². The van der Waals surface area contributed by atoms with Crippen LogP contribution in [0.1, 0.15) is 58.3 Å². The van der Waals surface area contributed by atoms with Gasteiger partial charge in [-0.25, -0.2) is 9.78 Å². The summed E-state index contributed by atoms with van der Waals surface area (Å²) in [5, 5.41) is 36.5. The molecule has 0 saturated carbocycles. The van der Waals surface area contributed by atoms with E-state index in [1.54, 1.807) is 55.1 Å². The lowest BCUT2D eigenvalue weighted by Gasteiger charge is -2.40. The number of carboxylic acids is 1. The van der Waals surface area contributed by atoms with Gasteiger partial charge in [-0.1, -0.05) is 152 Å². The third kappa shape index (κ3) is 13.6. The molecule has 16 nitrogen and oxygen atoms in total. The number of nitrogens with one attached hydrogen (secondary N) is 7. The third-order valence-electron chi connectivity index (χ3n) is 13.5. The summed E-state index contributed by atoms with van der Waals surface area (Å²) in [7, 11) is 0. The van der Waals surface area contributed by atoms with Crippen LogP contribution < -0.4 is 32.3 Å². The van der Waals surface area contributed by atoms with Crippen LogP contribution in [0.15, 0.2) is 189 Å². The molecule has 8 aromatic rings. The largest absolute Gasteiger partial charge is 0.508 e. The van der Waals surface area contributed by atoms with Crippen molar-refractivity contribution in [3.05, 3.63) is 228 Å². The van der Waals surface area contributed by atoms with Crippen molar-refractivity contribution in [1.29, 1.82) is 0 Å². The number of carbonyl (C=O) groups excluding carboxylic acids is 4. The molecule has 0 aliphatic rings. The van der Waals surface area contributed by atoms with Crippen LogP contribution in [-0.2, 0) is 55.2 Å². The number of imidazole rings is 1. The average Bonchev–Trinajstić information content (AvgIpc) is 4.14. The van der Waals surface area contributed by atoms with Crippen molar-refractivity contribution in [1.82, 2.24) is 41.5 Å². The highest BCUT2D eigenvalue weighted by Gasteiger charge is 2.41. The second-order valence-electron chi connectivity index (χ2n) is 18.8. The van der Waals surface area contributed by atoms with Gasteiger partial charge in [0.2, 0.25) is 23.6 Å². The number of carboxylic acid groups (broad SMARTS) is 1. The maximum absolute atomic E-state index is 15.2. The molecular weight excluding hydrogens is 959 g/mol. The van der Waals surface area contributed by atoms with Gasteiger partial charge >= 0.3 is 5.97 Å². The SMILES string of the molecule is NCCCC[C@H](NC(=O)[C@H](Cc1cnc[nH]1)NC(c1ccccc1)(c1ccccc1)c1ccccc1)C(=O)N[C@@H](Cc1ccccc1)C(=O)N[C@@H](Cc1ccc(O)cc1)C(=O)N[C@@H](Cc1c[nH]c2ccccc12)C(=O)O. The van der Waals surface area contributed by atoms with E-state index in [0.717, 1.165) is 27.6 Å². The van der Waals surface area contributed by atoms with E-state index >= 15 is 4.79 Å². The summed E-state index contributed by atoms with van der Waals surface area (Å²) in [6.07, 6.45) is 6.06. The molecule has 0 aliphatic carbocycles. The Morgan fingerprint density at radius 1 is 0.526 bits per heavy atom. The second kappa shape index (κ2) is 25.9. The number of hydrogen-bond donors (Lipinski definition) is 10. The quantitative estimate of drug-likeness (QED) is 0.0225. The first-order valence-electron chi connectivity index (χ1n) is 25.4. The zero-order chi connectivity index (χ0) is 53.3. The molecule has 2 aromatic heterocycles. The molecular formula is C60H63N9O7. The molecule has 16 heteroatoms. The number of phenolic OH excluding ortho intramolecular Hbond substituents is 1. The molecule has 390 valence electrons. The van der Waals surface area contributed by atoms with E-state index in [1.165, 1.54) is 12.1 Å². The topological polar surface area (TPSA) is 256 Å². The van der Waals surface area contributed by atoms with Gasteiger partial charge in [0, 0.05) is 54.7 Å². The Morgan fingerprint density at radius 2 is 1.01 bits per heavy atom. The zero-order valence-corrected chi connectivity index (χ0v) is 41.9. The van der Waals surface area contributed by atoms with Gasteiger partial charge in [-0.05, 0) is 77.4 Å². The van der Waals surface area contributed by atoms with Crippen LogP contribution in [0, 0.1) is 0 Å². The number of rotatable bonds is 26. The molecule has 6 aromatic carbocycles. The van der Waals surface area contributed by atoms with E-state index in [1.807, 2.05) is 121 Å². The molecule has 2 heterocycles. The van der Waals surface area contributed by atoms with Crippen molar-refractivity contribution in [2.75, 3.05) is 6.54 Å². The number of phenols is 1. The minimum Gasteiger partial charge on any atom is -0.508 e. The smallest absolute Gasteiger partial charge is 0.326 e. The number of aromatic hydroxyl groups is 1. The highest BCUT2D eigenvalue weighted by molar-refractivity contribution is 5.96. The van der Waals surface area contributed by atoms with Gasteiger partial charge < -0.3 is 47.2 Å². The van der Waals surface area contributed by atoms with E-state index in [2.05, 4.69) is 41.5 Å². The van der Waals surface area contributed by atoms with Gasteiger partial charge in [0.15, 0.2) is 0 Å². The van der Waals surface area contributed by atoms with Crippen LogP contribution in [-0.4, -0.2) is 91.5 Å². The number of amides is 4. The fourth-order valence-corrected chi connectivity index (χ4v) is 9.61. The van der Waals surface area contributed by atoms with E-state index in [0.29, 0.717) is 41.8 Å². The van der Waals surface area contributed by atoms with Gasteiger partial charge in [-0.2, -0.15) is 0 Å². The number of nitrogens with two attached hydrogens (primary N) is 1. The van der Waals surface area contributed by atoms with E-state index in [-0.39, 0.29) is 37.9 Å². The van der Waals surface area contributed by atoms with Gasteiger partial charge in [0.05, 0.1) is 17.9 Å². The Labute approximate surface area is 441 Å². The van der Waals surface area contributed by atoms with Crippen molar-refractivity contribution in [2.24, 2.45) is 5.73 Å². The number of aromatic nitrogens is 3. The molecule has 0 radical (unpaired) electrons. The standard InChI is InChI=1S/C60H63N9O7/c61-32-16-15-27-50(65-58(74)53(36-46-38-62-39-64-46)69-60(43-19-7-2-8-20-43,44-21-9-3-10-22-44)45-23-11-4-12-24-45)55(71)66-51(33-40-17-5-1-6-18-40)56(72)67-52(34-41-28-30-47(70)31-29-41)57(73)68-54(59(75)76)35-42-37-63-49-26-14-13-25-48(42)49/h1-14,17-26,28-31,37-39,50-54,63,69-70H,15-16,27,32-36,61H2,(H,62,64)(H,65,74)(H,66,71)(H,67,72)(H,68,73)(H,75,76)/t50-,51-,52-,53-,54-/m0/s1. The Balaban J connectivity index is 1.09. The number of H-pyrrole nitrogens is 2. The predicted octanol–water partition coefficient (Wildman–Crippen LogP) is 5.97. The summed E-state index contributed by atoms with van der Waals surface area (Å²) in [5.74, 6) is -3.94. The van der Waals surface area contributed by atoms with Crippen LogP contribution in [0.3, 0.4) is 0 Å². The zero-order valence-electron chi connectivity index (χ0n) is 41.9. The Hall–Kier alpha value is -8.86. The second-order valence-corrected chi connectivity index (χ2v) is 18.8. The number of benzene rings is 6. The number of nitrogens with zero attached hydrogens (tertiary/aromatic N) is 1. The number of unbranched alkanes of at least 4 members (excludes halogenated alkanes) is 1. The fourth-order valence-electron chi connectivity index (χ4n) is 9.61. The van der Waals surface area contributed by atoms with Crippen LogP contribution in [0.2, 0.25) is 0 Å². The molecule has 0 spiro atoms. The molecule has 0 fully saturated rings. The number of hydrogen-bond acceptors (Lipinski definition) is 9. The predicted molar refractivity (Wildman–Crippen MR) is 291 cm³/mol. The van der Waals surface area contributed by atoms with Crippen molar-refractivity contribution in [2.45, 2.75) is 80.7 Å². The van der Waals surface area contributed by atoms with Crippen molar-refractivity contribution in [3.8, 4) is 5.75 Å². The Kier molecular flexibility index (Phi) is 18.2. The maximum Gasteiger partial charge on any atom is 0.326 e. The summed E-state index contributed by atoms with van der Waals surface area (Å²) in [6.45, 7) is 0.341. The molecule has 4 amide bonds. The van der Waals surface area contributed by atoms with E-state index in [9.17, 15) is 29.4 Å². The number of aromatic amines is 2. The highest BCUT2D eigenvalue weighted by atomic mass is 16.4. The number of fused-ring (bicyclic) bond motifs is 1. The molecule has 0 saturated heterocycles. The number of aliphatic carboxylic acids is 1. The van der Waals surface area contributed by atoms with Gasteiger partial charge in [-0.3, -0.25) is 24.5 Å². The first-order valence-corrected chi connectivity index (χ1v) is 25.4. The van der Waals surface area contributed by atoms with Crippen molar-refractivity contribution >= 4 is 40.5 Å². The summed E-state index contributed by atoms with van der Waals surface area (Å²) in [5.41, 5.74) is 10.9. The summed E-state index contributed by atoms with van der Waals surface area (Å²) in [6, 6.07) is 45.9. The number of carbonyl (C=O) groups is 5.